The molecule has 4 nitrogen and oxygen atoms in total. The van der Waals surface area contributed by atoms with E-state index in [9.17, 15) is 22.1 Å². The van der Waals surface area contributed by atoms with Crippen LogP contribution in [-0.4, -0.2) is 6.10 Å². The Bertz CT molecular complexity index is 946. The van der Waals surface area contributed by atoms with Crippen LogP contribution in [0.5, 0.6) is 11.5 Å². The quantitative estimate of drug-likeness (QED) is 0.404. The molecule has 0 saturated heterocycles. The Kier molecular flexibility index (Phi) is 6.21. The zero-order valence-corrected chi connectivity index (χ0v) is 15.3. The molecule has 28 heavy (non-hydrogen) atoms. The van der Waals surface area contributed by atoms with Gasteiger partial charge in [-0.3, -0.25) is 4.52 Å². The van der Waals surface area contributed by atoms with Crippen molar-refractivity contribution in [3.05, 3.63) is 84.0 Å². The number of allylic oxidation sites excluding steroid dienone is 2. The summed E-state index contributed by atoms with van der Waals surface area (Å²) in [4.78, 5) is 0. The molecule has 0 radical (unpaired) electrons. The minimum Gasteiger partial charge on any atom is -0.395 e. The lowest BCUT2D eigenvalue weighted by Crippen LogP contribution is -2.16. The van der Waals surface area contributed by atoms with E-state index in [0.29, 0.717) is 12.1 Å². The minimum atomic E-state index is -4.55. The summed E-state index contributed by atoms with van der Waals surface area (Å²) < 4.78 is 83.0. The molecule has 2 aromatic carbocycles. The van der Waals surface area contributed by atoms with E-state index >= 15 is 0 Å². The fourth-order valence-corrected chi connectivity index (χ4v) is 3.83. The van der Waals surface area contributed by atoms with Gasteiger partial charge in [0.05, 0.1) is 6.10 Å². The van der Waals surface area contributed by atoms with E-state index in [1.54, 1.807) is 18.2 Å². The summed E-state index contributed by atoms with van der Waals surface area (Å²) in [6, 6.07) is 10.1. The van der Waals surface area contributed by atoms with Gasteiger partial charge in [-0.2, -0.15) is 0 Å². The molecule has 1 aliphatic carbocycles. The molecule has 0 aliphatic heterocycles. The number of para-hydroxylation sites is 1. The molecule has 1 aliphatic rings. The first-order valence-electron chi connectivity index (χ1n) is 8.22. The van der Waals surface area contributed by atoms with Crippen molar-refractivity contribution in [2.75, 3.05) is 0 Å². The Morgan fingerprint density at radius 2 is 1.71 bits per heavy atom. The molecule has 0 fully saturated rings. The Morgan fingerprint density at radius 3 is 2.43 bits per heavy atom. The second kappa shape index (κ2) is 8.63. The second-order valence-electron chi connectivity index (χ2n) is 5.87. The predicted octanol–water partition coefficient (Wildman–Crippen LogP) is 6.42. The van der Waals surface area contributed by atoms with Crippen LogP contribution in [0.4, 0.5) is 17.6 Å². The van der Waals surface area contributed by atoms with Crippen LogP contribution in [0, 0.1) is 11.6 Å². The normalized spacial score (nSPS) is 19.1. The number of phosphoric acid groups is 1. The maximum Gasteiger partial charge on any atom is 0.587 e. The average Bonchev–Trinajstić information content (AvgIpc) is 2.78. The largest absolute Gasteiger partial charge is 0.587 e. The van der Waals surface area contributed by atoms with Crippen LogP contribution < -0.4 is 9.05 Å². The topological polar surface area (TPSA) is 44.8 Å². The number of benzene rings is 2. The first-order valence-corrected chi connectivity index (χ1v) is 9.68. The molecule has 2 unspecified atom stereocenters. The number of hydrogen-bond donors (Lipinski definition) is 0. The highest BCUT2D eigenvalue weighted by molar-refractivity contribution is 7.49. The number of hydrogen-bond acceptors (Lipinski definition) is 4. The van der Waals surface area contributed by atoms with E-state index in [0.717, 1.165) is 18.2 Å². The van der Waals surface area contributed by atoms with Gasteiger partial charge in [0.1, 0.15) is 23.2 Å². The van der Waals surface area contributed by atoms with E-state index in [2.05, 4.69) is 0 Å². The summed E-state index contributed by atoms with van der Waals surface area (Å²) in [6.45, 7) is 0. The third kappa shape index (κ3) is 5.47. The van der Waals surface area contributed by atoms with E-state index in [4.69, 9.17) is 13.6 Å². The van der Waals surface area contributed by atoms with Crippen molar-refractivity contribution in [3.8, 4) is 11.5 Å². The van der Waals surface area contributed by atoms with Crippen LogP contribution in [0.3, 0.4) is 0 Å². The SMILES string of the molecule is O=P(Oc1ccccc1)(Oc1ccc(F)cc1F)OC1CC=C(F)C=C(F)C1. The predicted molar refractivity (Wildman–Crippen MR) is 94.2 cm³/mol. The summed E-state index contributed by atoms with van der Waals surface area (Å²) >= 11 is 0. The molecule has 148 valence electrons. The molecular formula is C19H15F4O4P. The van der Waals surface area contributed by atoms with E-state index in [1.165, 1.54) is 12.1 Å². The van der Waals surface area contributed by atoms with Gasteiger partial charge >= 0.3 is 7.82 Å². The number of phosphoric ester groups is 1. The van der Waals surface area contributed by atoms with Gasteiger partial charge in [-0.1, -0.05) is 18.2 Å². The van der Waals surface area contributed by atoms with Gasteiger partial charge in [0.2, 0.25) is 0 Å². The summed E-state index contributed by atoms with van der Waals surface area (Å²) in [5.74, 6) is -4.10. The maximum absolute atomic E-state index is 14.0. The standard InChI is InChI=1S/C19H15F4O4P/c20-13-6-8-17(11-15(22)10-13)26-28(24,25-16-4-2-1-3-5-16)27-19-9-7-14(21)12-18(19)23/h1-7,9-10,12,17H,8,11H2. The van der Waals surface area contributed by atoms with Crippen molar-refractivity contribution < 1.29 is 35.7 Å². The highest BCUT2D eigenvalue weighted by Gasteiger charge is 2.36. The van der Waals surface area contributed by atoms with Crippen molar-refractivity contribution in [2.45, 2.75) is 18.9 Å². The Labute approximate surface area is 158 Å². The fraction of sp³-hybridized carbons (Fsp3) is 0.158. The van der Waals surface area contributed by atoms with Gasteiger partial charge in [0.25, 0.3) is 0 Å². The zero-order valence-electron chi connectivity index (χ0n) is 14.4. The zero-order chi connectivity index (χ0) is 20.1. The molecule has 2 atom stereocenters. The van der Waals surface area contributed by atoms with E-state index in [-0.39, 0.29) is 18.6 Å². The maximum atomic E-state index is 14.0. The molecule has 9 heteroatoms. The van der Waals surface area contributed by atoms with Gasteiger partial charge in [0, 0.05) is 18.6 Å². The Morgan fingerprint density at radius 1 is 0.964 bits per heavy atom. The van der Waals surface area contributed by atoms with E-state index in [1.807, 2.05) is 0 Å². The Hall–Kier alpha value is -2.57. The lowest BCUT2D eigenvalue weighted by Gasteiger charge is -2.23. The highest BCUT2D eigenvalue weighted by Crippen LogP contribution is 2.52. The first kappa shape index (κ1) is 20.2. The summed E-state index contributed by atoms with van der Waals surface area (Å²) in [7, 11) is -4.55. The smallest absolute Gasteiger partial charge is 0.395 e. The molecule has 2 aromatic rings. The van der Waals surface area contributed by atoms with Crippen LogP contribution in [0.1, 0.15) is 12.8 Å². The van der Waals surface area contributed by atoms with Crippen LogP contribution in [0.2, 0.25) is 0 Å². The van der Waals surface area contributed by atoms with Gasteiger partial charge in [-0.15, -0.1) is 0 Å². The monoisotopic (exact) mass is 414 g/mol. The lowest BCUT2D eigenvalue weighted by atomic mass is 10.2. The van der Waals surface area contributed by atoms with Gasteiger partial charge in [0.15, 0.2) is 11.6 Å². The molecule has 0 spiro atoms. The van der Waals surface area contributed by atoms with Crippen LogP contribution >= 0.6 is 7.82 Å². The van der Waals surface area contributed by atoms with Crippen LogP contribution in [-0.2, 0) is 9.09 Å². The molecular weight excluding hydrogens is 399 g/mol. The molecule has 0 bridgehead atoms. The highest BCUT2D eigenvalue weighted by atomic mass is 31.2. The van der Waals surface area contributed by atoms with Crippen LogP contribution in [0.25, 0.3) is 0 Å². The molecule has 0 aromatic heterocycles. The number of rotatable bonds is 6. The van der Waals surface area contributed by atoms with Crippen molar-refractivity contribution in [2.24, 2.45) is 0 Å². The second-order valence-corrected chi connectivity index (χ2v) is 7.34. The third-order valence-electron chi connectivity index (χ3n) is 3.64. The summed E-state index contributed by atoms with van der Waals surface area (Å²) in [5, 5.41) is 0. The van der Waals surface area contributed by atoms with Crippen molar-refractivity contribution in [3.63, 3.8) is 0 Å². The summed E-state index contributed by atoms with van der Waals surface area (Å²) in [6.07, 6.45) is 0.145. The van der Waals surface area contributed by atoms with Gasteiger partial charge < -0.3 is 9.05 Å². The van der Waals surface area contributed by atoms with Crippen molar-refractivity contribution >= 4 is 7.82 Å². The van der Waals surface area contributed by atoms with Crippen molar-refractivity contribution in [1.29, 1.82) is 0 Å². The molecule has 3 rings (SSSR count). The fourth-order valence-electron chi connectivity index (χ4n) is 2.42. The van der Waals surface area contributed by atoms with Gasteiger partial charge in [-0.25, -0.2) is 22.1 Å². The van der Waals surface area contributed by atoms with Crippen molar-refractivity contribution in [1.82, 2.24) is 0 Å². The summed E-state index contributed by atoms with van der Waals surface area (Å²) in [5.41, 5.74) is 0. The number of halogens is 4. The molecule has 0 saturated carbocycles. The minimum absolute atomic E-state index is 0.0831. The van der Waals surface area contributed by atoms with Gasteiger partial charge in [-0.05, 0) is 36.8 Å². The van der Waals surface area contributed by atoms with E-state index < -0.39 is 43.0 Å². The Balaban J connectivity index is 1.87. The molecule has 0 amide bonds. The lowest BCUT2D eigenvalue weighted by molar-refractivity contribution is 0.139. The third-order valence-corrected chi connectivity index (χ3v) is 5.05. The van der Waals surface area contributed by atoms with Crippen LogP contribution in [0.15, 0.2) is 72.3 Å². The molecule has 0 N–H and O–H groups in total. The molecule has 0 heterocycles. The average molecular weight is 414 g/mol. The first-order chi connectivity index (χ1) is 13.3.